The van der Waals surface area contributed by atoms with Crippen molar-refractivity contribution in [1.29, 1.82) is 0 Å². The lowest BCUT2D eigenvalue weighted by Gasteiger charge is -2.21. The van der Waals surface area contributed by atoms with Crippen LogP contribution in [-0.4, -0.2) is 29.3 Å². The Morgan fingerprint density at radius 3 is 1.58 bits per heavy atom. The molecule has 0 fully saturated rings. The topological polar surface area (TPSA) is 106 Å². The summed E-state index contributed by atoms with van der Waals surface area (Å²) in [4.78, 5) is 37.3. The summed E-state index contributed by atoms with van der Waals surface area (Å²) >= 11 is 0. The Balaban J connectivity index is 2.30. The van der Waals surface area contributed by atoms with Crippen molar-refractivity contribution in [2.75, 3.05) is 16.0 Å². The summed E-state index contributed by atoms with van der Waals surface area (Å²) in [6.45, 7) is 10.4. The Kier molecular flexibility index (Phi) is 7.72. The quantitative estimate of drug-likeness (QED) is 0.524. The monoisotopic (exact) mass is 451 g/mol. The Morgan fingerprint density at radius 1 is 0.727 bits per heavy atom. The SMILES string of the molecule is C#Cc1ccc(NC(=O)c2cc(NC(=O)OC(C)(C)C)cc(NC(=O)OC(C)(C)C)c2)cc1. The first-order chi connectivity index (χ1) is 15.2. The first-order valence-corrected chi connectivity index (χ1v) is 10.3. The van der Waals surface area contributed by atoms with Crippen molar-refractivity contribution in [3.8, 4) is 12.3 Å². The summed E-state index contributed by atoms with van der Waals surface area (Å²) in [5.74, 6) is 2.05. The summed E-state index contributed by atoms with van der Waals surface area (Å²) in [5.41, 5.74) is 0.501. The lowest BCUT2D eigenvalue weighted by Crippen LogP contribution is -2.28. The van der Waals surface area contributed by atoms with Crippen LogP contribution in [0.4, 0.5) is 26.7 Å². The van der Waals surface area contributed by atoms with Crippen LogP contribution in [0.15, 0.2) is 42.5 Å². The number of nitrogens with one attached hydrogen (secondary N) is 3. The Hall–Kier alpha value is -3.99. The molecule has 0 saturated carbocycles. The highest BCUT2D eigenvalue weighted by Crippen LogP contribution is 2.22. The van der Waals surface area contributed by atoms with Crippen molar-refractivity contribution >= 4 is 35.2 Å². The highest BCUT2D eigenvalue weighted by molar-refractivity contribution is 6.06. The van der Waals surface area contributed by atoms with Gasteiger partial charge in [0.05, 0.1) is 0 Å². The van der Waals surface area contributed by atoms with Crippen molar-refractivity contribution in [3.05, 3.63) is 53.6 Å². The zero-order chi connectivity index (χ0) is 24.8. The second-order valence-electron chi connectivity index (χ2n) is 9.23. The minimum atomic E-state index is -0.707. The van der Waals surface area contributed by atoms with Crippen LogP contribution < -0.4 is 16.0 Å². The van der Waals surface area contributed by atoms with E-state index in [1.807, 2.05) is 0 Å². The van der Waals surface area contributed by atoms with Gasteiger partial charge in [-0.15, -0.1) is 6.42 Å². The van der Waals surface area contributed by atoms with Crippen LogP contribution in [0.1, 0.15) is 57.5 Å². The predicted molar refractivity (Wildman–Crippen MR) is 128 cm³/mol. The molecule has 3 N–H and O–H groups in total. The normalized spacial score (nSPS) is 11.1. The van der Waals surface area contributed by atoms with Gasteiger partial charge in [0.15, 0.2) is 0 Å². The van der Waals surface area contributed by atoms with Crippen LogP contribution in [0.3, 0.4) is 0 Å². The molecule has 0 aliphatic heterocycles. The fourth-order valence-electron chi connectivity index (χ4n) is 2.60. The van der Waals surface area contributed by atoms with Crippen molar-refractivity contribution in [2.45, 2.75) is 52.7 Å². The zero-order valence-corrected chi connectivity index (χ0v) is 19.7. The maximum Gasteiger partial charge on any atom is 0.412 e. The smallest absolute Gasteiger partial charge is 0.412 e. The molecule has 2 rings (SSSR count). The standard InChI is InChI=1S/C25H29N3O5/c1-8-16-9-11-18(12-10-16)26-21(29)17-13-19(27-22(30)32-24(2,3)4)15-20(14-17)28-23(31)33-25(5,6)7/h1,9-15H,2-7H3,(H,26,29)(H,27,30)(H,28,31). The van der Waals surface area contributed by atoms with Crippen molar-refractivity contribution < 1.29 is 23.9 Å². The Morgan fingerprint density at radius 2 is 1.18 bits per heavy atom. The van der Waals surface area contributed by atoms with E-state index in [0.717, 1.165) is 0 Å². The fraction of sp³-hybridized carbons (Fsp3) is 0.320. The van der Waals surface area contributed by atoms with Gasteiger partial charge < -0.3 is 14.8 Å². The van der Waals surface area contributed by atoms with Gasteiger partial charge in [0.25, 0.3) is 5.91 Å². The molecule has 8 heteroatoms. The van der Waals surface area contributed by atoms with E-state index in [-0.39, 0.29) is 16.9 Å². The molecule has 0 heterocycles. The van der Waals surface area contributed by atoms with E-state index in [0.29, 0.717) is 11.3 Å². The van der Waals surface area contributed by atoms with E-state index in [4.69, 9.17) is 15.9 Å². The van der Waals surface area contributed by atoms with Gasteiger partial charge in [-0.2, -0.15) is 0 Å². The maximum absolute atomic E-state index is 12.9. The average Bonchev–Trinajstić information content (AvgIpc) is 2.65. The molecule has 0 aliphatic carbocycles. The summed E-state index contributed by atoms with van der Waals surface area (Å²) in [5, 5.41) is 7.91. The number of carbonyl (C=O) groups excluding carboxylic acids is 3. The van der Waals surface area contributed by atoms with E-state index in [2.05, 4.69) is 21.9 Å². The van der Waals surface area contributed by atoms with E-state index >= 15 is 0 Å². The molecule has 0 radical (unpaired) electrons. The molecule has 174 valence electrons. The molecule has 0 aliphatic rings. The highest BCUT2D eigenvalue weighted by Gasteiger charge is 2.19. The molecule has 0 aromatic heterocycles. The average molecular weight is 452 g/mol. The number of terminal acetylenes is 1. The molecule has 8 nitrogen and oxygen atoms in total. The van der Waals surface area contributed by atoms with Crippen molar-refractivity contribution in [1.82, 2.24) is 0 Å². The number of hydrogen-bond donors (Lipinski definition) is 3. The lowest BCUT2D eigenvalue weighted by atomic mass is 10.1. The largest absolute Gasteiger partial charge is 0.444 e. The summed E-state index contributed by atoms with van der Waals surface area (Å²) in [6.07, 6.45) is 3.95. The fourth-order valence-corrected chi connectivity index (χ4v) is 2.60. The van der Waals surface area contributed by atoms with Gasteiger partial charge in [0.1, 0.15) is 11.2 Å². The Labute approximate surface area is 194 Å². The van der Waals surface area contributed by atoms with Crippen LogP contribution in [0.25, 0.3) is 0 Å². The number of anilines is 3. The zero-order valence-electron chi connectivity index (χ0n) is 19.7. The second kappa shape index (κ2) is 10.1. The molecular weight excluding hydrogens is 422 g/mol. The molecule has 0 saturated heterocycles. The predicted octanol–water partition coefficient (Wildman–Crippen LogP) is 5.61. The molecule has 33 heavy (non-hydrogen) atoms. The van der Waals surface area contributed by atoms with Gasteiger partial charge >= 0.3 is 12.2 Å². The first kappa shape index (κ1) is 25.3. The molecular formula is C25H29N3O5. The third-order valence-corrected chi connectivity index (χ3v) is 3.80. The van der Waals surface area contributed by atoms with Gasteiger partial charge in [-0.1, -0.05) is 5.92 Å². The van der Waals surface area contributed by atoms with Gasteiger partial charge in [-0.3, -0.25) is 15.4 Å². The first-order valence-electron chi connectivity index (χ1n) is 10.3. The molecule has 2 aromatic rings. The van der Waals surface area contributed by atoms with E-state index in [1.165, 1.54) is 18.2 Å². The lowest BCUT2D eigenvalue weighted by molar-refractivity contribution is 0.0625. The number of rotatable bonds is 4. The summed E-state index contributed by atoms with van der Waals surface area (Å²) < 4.78 is 10.5. The third-order valence-electron chi connectivity index (χ3n) is 3.80. The number of amides is 3. The van der Waals surface area contributed by atoms with Gasteiger partial charge in [-0.05, 0) is 84.0 Å². The molecule has 0 bridgehead atoms. The van der Waals surface area contributed by atoms with Crippen LogP contribution in [0.2, 0.25) is 0 Å². The van der Waals surface area contributed by atoms with Crippen LogP contribution in [-0.2, 0) is 9.47 Å². The van der Waals surface area contributed by atoms with Crippen molar-refractivity contribution in [2.24, 2.45) is 0 Å². The van der Waals surface area contributed by atoms with E-state index < -0.39 is 29.3 Å². The van der Waals surface area contributed by atoms with Crippen LogP contribution in [0, 0.1) is 12.3 Å². The van der Waals surface area contributed by atoms with Gasteiger partial charge in [0, 0.05) is 28.2 Å². The van der Waals surface area contributed by atoms with E-state index in [9.17, 15) is 14.4 Å². The number of benzene rings is 2. The van der Waals surface area contributed by atoms with E-state index in [1.54, 1.807) is 65.8 Å². The third kappa shape index (κ3) is 8.95. The molecule has 0 unspecified atom stereocenters. The van der Waals surface area contributed by atoms with Crippen LogP contribution >= 0.6 is 0 Å². The number of hydrogen-bond acceptors (Lipinski definition) is 5. The maximum atomic E-state index is 12.9. The minimum absolute atomic E-state index is 0.190. The molecule has 0 spiro atoms. The number of ether oxygens (including phenoxy) is 2. The molecule has 3 amide bonds. The summed E-state index contributed by atoms with van der Waals surface area (Å²) in [6, 6.07) is 11.2. The highest BCUT2D eigenvalue weighted by atomic mass is 16.6. The molecule has 0 atom stereocenters. The van der Waals surface area contributed by atoms with Gasteiger partial charge in [0.2, 0.25) is 0 Å². The second-order valence-corrected chi connectivity index (χ2v) is 9.23. The number of carbonyl (C=O) groups is 3. The van der Waals surface area contributed by atoms with Crippen LogP contribution in [0.5, 0.6) is 0 Å². The van der Waals surface area contributed by atoms with Gasteiger partial charge in [-0.25, -0.2) is 9.59 Å². The molecule has 2 aromatic carbocycles. The Bertz CT molecular complexity index is 1020. The summed E-state index contributed by atoms with van der Waals surface area (Å²) in [7, 11) is 0. The minimum Gasteiger partial charge on any atom is -0.444 e. The van der Waals surface area contributed by atoms with Crippen molar-refractivity contribution in [3.63, 3.8) is 0 Å².